The van der Waals surface area contributed by atoms with Crippen LogP contribution in [0.4, 0.5) is 0 Å². The van der Waals surface area contributed by atoms with Crippen molar-refractivity contribution in [3.8, 4) is 0 Å². The number of ether oxygens (including phenoxy) is 1. The van der Waals surface area contributed by atoms with Crippen LogP contribution in [0.25, 0.3) is 0 Å². The van der Waals surface area contributed by atoms with Crippen molar-refractivity contribution < 1.29 is 9.53 Å². The van der Waals surface area contributed by atoms with Crippen molar-refractivity contribution in [2.45, 2.75) is 70.4 Å². The van der Waals surface area contributed by atoms with E-state index in [0.29, 0.717) is 23.8 Å². The maximum atomic E-state index is 12.2. The number of Topliss-reactive ketones (excluding diaryl/α,β-unsaturated/α-hetero) is 1. The average molecular weight is 253 g/mol. The van der Waals surface area contributed by atoms with Gasteiger partial charge in [-0.15, -0.1) is 0 Å². The summed E-state index contributed by atoms with van der Waals surface area (Å²) in [5.41, 5.74) is 0. The van der Waals surface area contributed by atoms with Gasteiger partial charge in [-0.3, -0.25) is 4.79 Å². The van der Waals surface area contributed by atoms with Crippen molar-refractivity contribution in [2.24, 2.45) is 5.92 Å². The van der Waals surface area contributed by atoms with Crippen molar-refractivity contribution in [3.63, 3.8) is 0 Å². The van der Waals surface area contributed by atoms with E-state index in [4.69, 9.17) is 4.74 Å². The molecule has 2 bridgehead atoms. The molecule has 0 aromatic carbocycles. The standard InChI is InChI=1S/C15H27NO2/c1-2-3-4-5-6-7-15(17)12-8-13-10-18-11-14(9-12)16-13/h12-14,16H,2-11H2,1H3. The average Bonchev–Trinajstić information content (AvgIpc) is 2.38. The lowest BCUT2D eigenvalue weighted by Gasteiger charge is -2.39. The molecular weight excluding hydrogens is 226 g/mol. The second-order valence-electron chi connectivity index (χ2n) is 5.90. The number of hydrogen-bond acceptors (Lipinski definition) is 3. The Morgan fingerprint density at radius 3 is 2.44 bits per heavy atom. The highest BCUT2D eigenvalue weighted by molar-refractivity contribution is 5.81. The molecule has 2 rings (SSSR count). The lowest BCUT2D eigenvalue weighted by Crippen LogP contribution is -2.55. The summed E-state index contributed by atoms with van der Waals surface area (Å²) in [6.45, 7) is 3.80. The van der Waals surface area contributed by atoms with Crippen LogP contribution in [0.3, 0.4) is 0 Å². The number of fused-ring (bicyclic) bond motifs is 2. The number of nitrogens with one attached hydrogen (secondary N) is 1. The summed E-state index contributed by atoms with van der Waals surface area (Å²) in [6, 6.07) is 0.845. The van der Waals surface area contributed by atoms with Crippen LogP contribution in [0.15, 0.2) is 0 Å². The lowest BCUT2D eigenvalue weighted by molar-refractivity contribution is -0.126. The monoisotopic (exact) mass is 253 g/mol. The Kier molecular flexibility index (Phi) is 5.64. The molecule has 2 fully saturated rings. The first kappa shape index (κ1) is 14.0. The lowest BCUT2D eigenvalue weighted by atomic mass is 9.83. The zero-order valence-electron chi connectivity index (χ0n) is 11.6. The number of unbranched alkanes of at least 4 members (excludes halogenated alkanes) is 4. The van der Waals surface area contributed by atoms with Crippen molar-refractivity contribution >= 4 is 5.78 Å². The molecule has 2 aliphatic rings. The van der Waals surface area contributed by atoms with E-state index in [9.17, 15) is 4.79 Å². The molecule has 2 atom stereocenters. The van der Waals surface area contributed by atoms with Gasteiger partial charge >= 0.3 is 0 Å². The summed E-state index contributed by atoms with van der Waals surface area (Å²) in [4.78, 5) is 12.2. The number of carbonyl (C=O) groups excluding carboxylic acids is 1. The predicted molar refractivity (Wildman–Crippen MR) is 72.6 cm³/mol. The third-order valence-corrected chi connectivity index (χ3v) is 4.23. The minimum atomic E-state index is 0.302. The second kappa shape index (κ2) is 7.25. The molecule has 0 spiro atoms. The molecule has 0 amide bonds. The molecule has 3 heteroatoms. The normalized spacial score (nSPS) is 31.3. The van der Waals surface area contributed by atoms with Gasteiger partial charge in [0.2, 0.25) is 0 Å². The Labute approximate surface area is 111 Å². The van der Waals surface area contributed by atoms with Gasteiger partial charge in [0, 0.05) is 24.4 Å². The number of morpholine rings is 1. The summed E-state index contributed by atoms with van der Waals surface area (Å²) in [5.74, 6) is 0.807. The SMILES string of the molecule is CCCCCCCC(=O)C1CC2COCC(C1)N2. The van der Waals surface area contributed by atoms with Crippen LogP contribution in [0.2, 0.25) is 0 Å². The highest BCUT2D eigenvalue weighted by Gasteiger charge is 2.34. The molecule has 104 valence electrons. The van der Waals surface area contributed by atoms with E-state index < -0.39 is 0 Å². The van der Waals surface area contributed by atoms with Crippen molar-refractivity contribution in [1.82, 2.24) is 5.32 Å². The molecule has 0 aliphatic carbocycles. The van der Waals surface area contributed by atoms with E-state index in [2.05, 4.69) is 12.2 Å². The number of hydrogen-bond donors (Lipinski definition) is 1. The number of carbonyl (C=O) groups is 1. The van der Waals surface area contributed by atoms with Crippen LogP contribution in [0, 0.1) is 5.92 Å². The van der Waals surface area contributed by atoms with E-state index in [1.165, 1.54) is 25.7 Å². The van der Waals surface area contributed by atoms with Crippen LogP contribution in [0.5, 0.6) is 0 Å². The van der Waals surface area contributed by atoms with E-state index >= 15 is 0 Å². The minimum Gasteiger partial charge on any atom is -0.378 e. The fraction of sp³-hybridized carbons (Fsp3) is 0.933. The summed E-state index contributed by atoms with van der Waals surface area (Å²) in [7, 11) is 0. The van der Waals surface area contributed by atoms with E-state index in [-0.39, 0.29) is 0 Å². The minimum absolute atomic E-state index is 0.302. The van der Waals surface area contributed by atoms with Crippen LogP contribution in [-0.2, 0) is 9.53 Å². The third-order valence-electron chi connectivity index (χ3n) is 4.23. The number of rotatable bonds is 7. The van der Waals surface area contributed by atoms with Gasteiger partial charge in [-0.2, -0.15) is 0 Å². The molecule has 1 N–H and O–H groups in total. The summed E-state index contributed by atoms with van der Waals surface area (Å²) < 4.78 is 5.52. The van der Waals surface area contributed by atoms with Crippen LogP contribution in [-0.4, -0.2) is 31.1 Å². The Morgan fingerprint density at radius 2 is 1.78 bits per heavy atom. The van der Waals surface area contributed by atoms with Crippen LogP contribution < -0.4 is 5.32 Å². The number of ketones is 1. The van der Waals surface area contributed by atoms with Gasteiger partial charge in [-0.1, -0.05) is 32.6 Å². The van der Waals surface area contributed by atoms with E-state index in [1.807, 2.05) is 0 Å². The Hall–Kier alpha value is -0.410. The Bertz CT molecular complexity index is 255. The first-order valence-corrected chi connectivity index (χ1v) is 7.66. The largest absolute Gasteiger partial charge is 0.378 e. The summed E-state index contributed by atoms with van der Waals surface area (Å²) >= 11 is 0. The highest BCUT2D eigenvalue weighted by Crippen LogP contribution is 2.26. The fourth-order valence-electron chi connectivity index (χ4n) is 3.21. The first-order chi connectivity index (χ1) is 8.79. The molecule has 2 saturated heterocycles. The molecule has 3 nitrogen and oxygen atoms in total. The van der Waals surface area contributed by atoms with Gasteiger partial charge in [-0.25, -0.2) is 0 Å². The molecular formula is C15H27NO2. The quantitative estimate of drug-likeness (QED) is 0.709. The molecule has 2 aliphatic heterocycles. The molecule has 0 aromatic heterocycles. The van der Waals surface area contributed by atoms with Gasteiger partial charge in [0.1, 0.15) is 5.78 Å². The molecule has 0 saturated carbocycles. The van der Waals surface area contributed by atoms with Gasteiger partial charge in [0.05, 0.1) is 13.2 Å². The molecule has 2 heterocycles. The number of piperidine rings is 1. The van der Waals surface area contributed by atoms with Crippen molar-refractivity contribution in [1.29, 1.82) is 0 Å². The zero-order valence-corrected chi connectivity index (χ0v) is 11.6. The zero-order chi connectivity index (χ0) is 12.8. The van der Waals surface area contributed by atoms with Crippen LogP contribution >= 0.6 is 0 Å². The predicted octanol–water partition coefficient (Wildman–Crippen LogP) is 2.68. The molecule has 18 heavy (non-hydrogen) atoms. The summed E-state index contributed by atoms with van der Waals surface area (Å²) in [6.07, 6.45) is 8.96. The smallest absolute Gasteiger partial charge is 0.136 e. The topological polar surface area (TPSA) is 38.3 Å². The highest BCUT2D eigenvalue weighted by atomic mass is 16.5. The first-order valence-electron chi connectivity index (χ1n) is 7.66. The van der Waals surface area contributed by atoms with Gasteiger partial charge in [0.25, 0.3) is 0 Å². The van der Waals surface area contributed by atoms with Gasteiger partial charge in [-0.05, 0) is 19.3 Å². The van der Waals surface area contributed by atoms with E-state index in [1.54, 1.807) is 0 Å². The van der Waals surface area contributed by atoms with Gasteiger partial charge in [0.15, 0.2) is 0 Å². The van der Waals surface area contributed by atoms with Gasteiger partial charge < -0.3 is 10.1 Å². The van der Waals surface area contributed by atoms with Crippen molar-refractivity contribution in [2.75, 3.05) is 13.2 Å². The Morgan fingerprint density at radius 1 is 1.11 bits per heavy atom. The molecule has 2 unspecified atom stereocenters. The maximum Gasteiger partial charge on any atom is 0.136 e. The Balaban J connectivity index is 1.66. The fourth-order valence-corrected chi connectivity index (χ4v) is 3.21. The summed E-state index contributed by atoms with van der Waals surface area (Å²) in [5, 5.41) is 3.54. The van der Waals surface area contributed by atoms with Crippen LogP contribution in [0.1, 0.15) is 58.3 Å². The van der Waals surface area contributed by atoms with E-state index in [0.717, 1.165) is 38.9 Å². The van der Waals surface area contributed by atoms with Crippen molar-refractivity contribution in [3.05, 3.63) is 0 Å². The third kappa shape index (κ3) is 4.06. The molecule has 0 radical (unpaired) electrons. The maximum absolute atomic E-state index is 12.2. The molecule has 0 aromatic rings. The second-order valence-corrected chi connectivity index (χ2v) is 5.90.